The maximum atomic E-state index is 9.00. The first-order valence-electron chi connectivity index (χ1n) is 2.28. The molecule has 0 heterocycles. The van der Waals surface area contributed by atoms with Crippen molar-refractivity contribution in [3.05, 3.63) is 0 Å². The van der Waals surface area contributed by atoms with Gasteiger partial charge in [-0.3, -0.25) is 13.9 Å². The minimum atomic E-state index is -4.67. The molecule has 5 N–H and O–H groups in total. The molecule has 0 saturated carbocycles. The molecule has 0 aliphatic heterocycles. The molecule has 0 amide bonds. The summed E-state index contributed by atoms with van der Waals surface area (Å²) >= 11 is 0. The van der Waals surface area contributed by atoms with Gasteiger partial charge in [0.1, 0.15) is 0 Å². The van der Waals surface area contributed by atoms with Crippen molar-refractivity contribution in [2.45, 2.75) is 6.92 Å². The molecule has 0 aromatic carbocycles. The van der Waals surface area contributed by atoms with Crippen LogP contribution in [0.1, 0.15) is 6.92 Å². The Balaban J connectivity index is -0.00000000980. The Hall–Kier alpha value is 4.64. The summed E-state index contributed by atoms with van der Waals surface area (Å²) in [4.78, 5) is 17.6. The Morgan fingerprint density at radius 1 is 0.842 bits per heavy atom. The molecule has 0 bridgehead atoms. The van der Waals surface area contributed by atoms with E-state index in [1.807, 2.05) is 0 Å². The van der Waals surface area contributed by atoms with Gasteiger partial charge in [0.2, 0.25) is 0 Å². The van der Waals surface area contributed by atoms with E-state index in [1.54, 1.807) is 0 Å². The molecule has 0 aromatic rings. The number of carbonyl (C=O) groups is 2. The van der Waals surface area contributed by atoms with E-state index in [2.05, 4.69) is 0 Å². The molecule has 19 heavy (non-hydrogen) atoms. The molecule has 98 valence electrons. The van der Waals surface area contributed by atoms with Gasteiger partial charge in [-0.1, -0.05) is 0 Å². The van der Waals surface area contributed by atoms with Crippen LogP contribution in [0, 0.1) is 0 Å². The van der Waals surface area contributed by atoms with E-state index in [-0.39, 0.29) is 182 Å². The van der Waals surface area contributed by atoms with Crippen molar-refractivity contribution in [3.8, 4) is 0 Å². The van der Waals surface area contributed by atoms with Crippen LogP contribution in [0.3, 0.4) is 0 Å². The molecule has 0 aliphatic carbocycles. The molecule has 16 heteroatoms. The van der Waals surface area contributed by atoms with Crippen molar-refractivity contribution in [3.63, 3.8) is 0 Å². The number of carboxylic acid groups (broad SMARTS) is 3. The van der Waals surface area contributed by atoms with Crippen molar-refractivity contribution in [1.82, 2.24) is 0 Å². The number of hydrogen-bond acceptors (Lipinski definition) is 4. The van der Waals surface area contributed by atoms with Gasteiger partial charge in [-0.2, -0.15) is 8.42 Å². The summed E-state index contributed by atoms with van der Waals surface area (Å²) in [6.07, 6.45) is -1.83. The molecule has 0 radical (unpaired) electrons. The molecule has 0 rings (SSSR count). The zero-order chi connectivity index (χ0) is 11.7. The van der Waals surface area contributed by atoms with Crippen molar-refractivity contribution in [2.75, 3.05) is 0 Å². The third-order valence-corrected chi connectivity index (χ3v) is 0. The Morgan fingerprint density at radius 2 is 0.842 bits per heavy atom. The smallest absolute Gasteiger partial charge is 0 e. The van der Waals surface area contributed by atoms with Crippen LogP contribution in [0.4, 0.5) is 4.79 Å². The fourth-order valence-corrected chi connectivity index (χ4v) is 0. The summed E-state index contributed by atoms with van der Waals surface area (Å²) in [5, 5.41) is 21.4. The standard InChI is InChI=1S/C2H4O2.CH2O3.3Ca.Na.H2O4S.2Zn.7H/c1-2(3)4;2-1(3)4;;;;;1-5(2,3)4;;;;;;;;;/h1H3,(H,3,4);(H2,2,3,4);;;;;(H2,1,2,3,4);;;;;;;;;. The predicted molar refractivity (Wildman–Crippen MR) is 70.9 cm³/mol. The van der Waals surface area contributed by atoms with E-state index in [1.165, 1.54) is 0 Å². The van der Waals surface area contributed by atoms with Crippen molar-refractivity contribution >= 4 is 165 Å². The van der Waals surface area contributed by atoms with Crippen LogP contribution in [-0.4, -0.2) is 188 Å². The van der Waals surface area contributed by atoms with Crippen LogP contribution < -0.4 is 0 Å². The van der Waals surface area contributed by atoms with Gasteiger partial charge in [-0.05, 0) is 0 Å². The number of rotatable bonds is 0. The number of aliphatic carboxylic acids is 1. The monoisotopic (exact) mass is 498 g/mol. The molecule has 0 aromatic heterocycles. The first-order valence-corrected chi connectivity index (χ1v) is 3.67. The maximum absolute atomic E-state index is 9.00. The fraction of sp³-hybridized carbons (Fsp3) is 0.333. The van der Waals surface area contributed by atoms with Crippen molar-refractivity contribution in [2.24, 2.45) is 0 Å². The SMILES string of the molecule is CC(=O)O.O=C(O)O.O=S(=O)(O)O.[CaH2].[CaH2].[CaH2].[NaH].[Zn].[Zn]. The molecule has 0 unspecified atom stereocenters. The summed E-state index contributed by atoms with van der Waals surface area (Å²) in [6, 6.07) is 0. The largest absolute Gasteiger partial charge is 0 e. The number of hydrogen-bond donors (Lipinski definition) is 5. The average molecular weight is 501 g/mol. The van der Waals surface area contributed by atoms with Crippen LogP contribution in [0.2, 0.25) is 0 Å². The second-order valence-electron chi connectivity index (χ2n) is 1.25. The molecule has 0 saturated heterocycles. The predicted octanol–water partition coefficient (Wildman–Crippen LogP) is -3.74. The Bertz CT molecular complexity index is 235. The molecule has 9 nitrogen and oxygen atoms in total. The fourth-order valence-electron chi connectivity index (χ4n) is 0. The van der Waals surface area contributed by atoms with Gasteiger partial charge in [-0.15, -0.1) is 0 Å². The van der Waals surface area contributed by atoms with Crippen LogP contribution in [0.5, 0.6) is 0 Å². The molecular weight excluding hydrogens is 486 g/mol. The van der Waals surface area contributed by atoms with E-state index in [9.17, 15) is 0 Å². The van der Waals surface area contributed by atoms with E-state index in [0.29, 0.717) is 0 Å². The van der Waals surface area contributed by atoms with Gasteiger partial charge in [0, 0.05) is 45.9 Å². The first-order chi connectivity index (χ1) is 5.46. The Morgan fingerprint density at radius 3 is 0.842 bits per heavy atom. The molecule has 0 spiro atoms. The van der Waals surface area contributed by atoms with Crippen molar-refractivity contribution < 1.29 is 81.4 Å². The minimum absolute atomic E-state index is 0. The van der Waals surface area contributed by atoms with Gasteiger partial charge in [0.15, 0.2) is 0 Å². The van der Waals surface area contributed by atoms with Gasteiger partial charge in [0.05, 0.1) is 0 Å². The van der Waals surface area contributed by atoms with E-state index < -0.39 is 22.5 Å². The third kappa shape index (κ3) is 449. The van der Waals surface area contributed by atoms with Gasteiger partial charge in [-0.25, -0.2) is 4.79 Å². The normalized spacial score (nSPS) is 5.63. The minimum Gasteiger partial charge on any atom is 0 e. The molecule has 0 fully saturated rings. The van der Waals surface area contributed by atoms with Gasteiger partial charge >= 0.3 is 159 Å². The van der Waals surface area contributed by atoms with E-state index in [4.69, 9.17) is 42.4 Å². The quantitative estimate of drug-likeness (QED) is 0.165. The van der Waals surface area contributed by atoms with E-state index in [0.717, 1.165) is 6.92 Å². The molecule has 0 aliphatic rings. The molecular formula is C3H15Ca3NaO9SZn2. The van der Waals surface area contributed by atoms with E-state index >= 15 is 0 Å². The number of carboxylic acids is 1. The topological polar surface area (TPSA) is 169 Å². The second kappa shape index (κ2) is 38.3. The van der Waals surface area contributed by atoms with Crippen LogP contribution >= 0.6 is 0 Å². The Kier molecular flexibility index (Phi) is 114. The second-order valence-corrected chi connectivity index (χ2v) is 2.15. The van der Waals surface area contributed by atoms with Crippen LogP contribution in [0.15, 0.2) is 0 Å². The summed E-state index contributed by atoms with van der Waals surface area (Å²) in [6.45, 7) is 1.08. The maximum Gasteiger partial charge on any atom is 0 e. The van der Waals surface area contributed by atoms with Crippen molar-refractivity contribution in [1.29, 1.82) is 0 Å². The summed E-state index contributed by atoms with van der Waals surface area (Å²) in [5.74, 6) is -0.833. The van der Waals surface area contributed by atoms with Gasteiger partial charge < -0.3 is 15.3 Å². The van der Waals surface area contributed by atoms with Crippen LogP contribution in [0.25, 0.3) is 0 Å². The summed E-state index contributed by atoms with van der Waals surface area (Å²) < 4.78 is 31.6. The first kappa shape index (κ1) is 56.5. The summed E-state index contributed by atoms with van der Waals surface area (Å²) in [5.41, 5.74) is 0. The summed E-state index contributed by atoms with van der Waals surface area (Å²) in [7, 11) is -4.67. The third-order valence-electron chi connectivity index (χ3n) is 0. The van der Waals surface area contributed by atoms with Crippen LogP contribution in [-0.2, 0) is 54.1 Å². The average Bonchev–Trinajstić information content (AvgIpc) is 1.50. The van der Waals surface area contributed by atoms with Gasteiger partial charge in [0.25, 0.3) is 5.97 Å². The zero-order valence-electron chi connectivity index (χ0n) is 7.69. The zero-order valence-corrected chi connectivity index (χ0v) is 14.4. The Labute approximate surface area is 247 Å². The molecule has 0 atom stereocenters.